The molecular formula is C20H24N6O4. The fourth-order valence-electron chi connectivity index (χ4n) is 4.14. The molecule has 0 aliphatic carbocycles. The van der Waals surface area contributed by atoms with Gasteiger partial charge in [-0.15, -0.1) is 0 Å². The number of nitrogens with one attached hydrogen (secondary N) is 1. The van der Waals surface area contributed by atoms with Crippen molar-refractivity contribution in [1.82, 2.24) is 15.0 Å². The molecule has 10 nitrogen and oxygen atoms in total. The van der Waals surface area contributed by atoms with Crippen molar-refractivity contribution in [2.75, 3.05) is 68.3 Å². The van der Waals surface area contributed by atoms with Crippen LogP contribution in [0.15, 0.2) is 18.3 Å². The smallest absolute Gasteiger partial charge is 0.412 e. The highest BCUT2D eigenvalue weighted by molar-refractivity contribution is 5.83. The van der Waals surface area contributed by atoms with Crippen molar-refractivity contribution in [3.05, 3.63) is 23.9 Å². The Kier molecular flexibility index (Phi) is 5.09. The number of carbonyl (C=O) groups excluding carboxylic acids is 1. The van der Waals surface area contributed by atoms with Crippen molar-refractivity contribution in [3.63, 3.8) is 0 Å². The number of hydrogen-bond acceptors (Lipinski definition) is 9. The van der Waals surface area contributed by atoms with Gasteiger partial charge in [0, 0.05) is 43.4 Å². The van der Waals surface area contributed by atoms with Crippen LogP contribution in [0.2, 0.25) is 0 Å². The largest absolute Gasteiger partial charge is 0.453 e. The van der Waals surface area contributed by atoms with E-state index in [-0.39, 0.29) is 0 Å². The van der Waals surface area contributed by atoms with Crippen molar-refractivity contribution in [2.24, 2.45) is 0 Å². The Hall–Kier alpha value is -2.98. The number of aromatic nitrogens is 3. The second kappa shape index (κ2) is 8.04. The highest BCUT2D eigenvalue weighted by Gasteiger charge is 2.37. The van der Waals surface area contributed by atoms with Crippen LogP contribution in [0.3, 0.4) is 0 Å². The predicted molar refractivity (Wildman–Crippen MR) is 110 cm³/mol. The average Bonchev–Trinajstić information content (AvgIpc) is 3.18. The molecule has 2 aromatic rings. The minimum absolute atomic E-state index is 0.308. The molecule has 30 heavy (non-hydrogen) atoms. The number of anilines is 3. The summed E-state index contributed by atoms with van der Waals surface area (Å²) < 4.78 is 15.8. The van der Waals surface area contributed by atoms with Gasteiger partial charge in [-0.1, -0.05) is 0 Å². The quantitative estimate of drug-likeness (QED) is 0.799. The van der Waals surface area contributed by atoms with E-state index < -0.39 is 6.09 Å². The summed E-state index contributed by atoms with van der Waals surface area (Å²) in [5.41, 5.74) is 1.98. The zero-order valence-electron chi connectivity index (χ0n) is 16.8. The highest BCUT2D eigenvalue weighted by atomic mass is 16.5. The van der Waals surface area contributed by atoms with Gasteiger partial charge in [0.25, 0.3) is 0 Å². The molecule has 1 atom stereocenters. The monoisotopic (exact) mass is 412 g/mol. The maximum Gasteiger partial charge on any atom is 0.412 e. The number of hydrogen-bond donors (Lipinski definition) is 1. The Morgan fingerprint density at radius 3 is 2.70 bits per heavy atom. The zero-order valence-corrected chi connectivity index (χ0v) is 16.8. The van der Waals surface area contributed by atoms with Gasteiger partial charge in [-0.25, -0.2) is 19.7 Å². The van der Waals surface area contributed by atoms with Crippen LogP contribution in [0.5, 0.6) is 0 Å². The van der Waals surface area contributed by atoms with Crippen LogP contribution in [-0.4, -0.2) is 80.3 Å². The van der Waals surface area contributed by atoms with Gasteiger partial charge in [-0.3, -0.25) is 5.32 Å². The first-order valence-electron chi connectivity index (χ1n) is 10.1. The summed E-state index contributed by atoms with van der Waals surface area (Å²) in [6, 6.07) is 3.88. The van der Waals surface area contributed by atoms with Crippen LogP contribution in [0.4, 0.5) is 22.2 Å². The molecule has 3 aliphatic heterocycles. The van der Waals surface area contributed by atoms with Crippen LogP contribution >= 0.6 is 0 Å². The fourth-order valence-corrected chi connectivity index (χ4v) is 4.14. The molecular weight excluding hydrogens is 388 g/mol. The second-order valence-corrected chi connectivity index (χ2v) is 7.45. The lowest BCUT2D eigenvalue weighted by atomic mass is 10.1. The van der Waals surface area contributed by atoms with E-state index in [0.717, 1.165) is 43.3 Å². The van der Waals surface area contributed by atoms with E-state index in [4.69, 9.17) is 19.4 Å². The molecule has 0 bridgehead atoms. The van der Waals surface area contributed by atoms with E-state index in [0.29, 0.717) is 44.1 Å². The highest BCUT2D eigenvalue weighted by Crippen LogP contribution is 2.39. The predicted octanol–water partition coefficient (Wildman–Crippen LogP) is 1.31. The van der Waals surface area contributed by atoms with Gasteiger partial charge in [-0.05, 0) is 12.1 Å². The molecule has 0 saturated carbocycles. The van der Waals surface area contributed by atoms with E-state index in [1.54, 1.807) is 12.3 Å². The molecule has 2 fully saturated rings. The molecule has 1 N–H and O–H groups in total. The molecule has 1 amide bonds. The number of nitrogens with zero attached hydrogens (tertiary/aromatic N) is 5. The van der Waals surface area contributed by atoms with Gasteiger partial charge < -0.3 is 24.0 Å². The van der Waals surface area contributed by atoms with E-state index >= 15 is 0 Å². The number of carbonyl (C=O) groups is 1. The van der Waals surface area contributed by atoms with Gasteiger partial charge in [0.15, 0.2) is 5.82 Å². The maximum absolute atomic E-state index is 11.4. The van der Waals surface area contributed by atoms with Crippen molar-refractivity contribution in [2.45, 2.75) is 12.5 Å². The first-order valence-corrected chi connectivity index (χ1v) is 10.1. The van der Waals surface area contributed by atoms with Crippen LogP contribution in [0, 0.1) is 0 Å². The van der Waals surface area contributed by atoms with Gasteiger partial charge in [0.2, 0.25) is 0 Å². The van der Waals surface area contributed by atoms with Gasteiger partial charge in [-0.2, -0.15) is 0 Å². The summed E-state index contributed by atoms with van der Waals surface area (Å²) in [6.45, 7) is 5.26. The Balaban J connectivity index is 1.52. The number of methoxy groups -OCH3 is 1. The van der Waals surface area contributed by atoms with Crippen molar-refractivity contribution < 1.29 is 19.0 Å². The topological polar surface area (TPSA) is 102 Å². The standard InChI is InChI=1S/C20H24N6O4/c1-28-20(27)22-16-3-2-13(11-21-16)17-23-18(25-4-7-29-8-5-25)15-10-14-12-30-9-6-26(14)19(15)24-17/h2-3,11,14H,4-10,12H2,1H3,(H,21,22,27)/t14-/m1/s1. The lowest BCUT2D eigenvalue weighted by Crippen LogP contribution is -2.43. The van der Waals surface area contributed by atoms with Crippen LogP contribution in [-0.2, 0) is 20.6 Å². The van der Waals surface area contributed by atoms with Crippen molar-refractivity contribution in [1.29, 1.82) is 0 Å². The minimum Gasteiger partial charge on any atom is -0.453 e. The summed E-state index contributed by atoms with van der Waals surface area (Å²) in [5, 5.41) is 2.55. The molecule has 2 aromatic heterocycles. The molecule has 2 saturated heterocycles. The summed E-state index contributed by atoms with van der Waals surface area (Å²) in [4.78, 5) is 30.2. The molecule has 5 rings (SSSR count). The minimum atomic E-state index is -0.558. The molecule has 0 unspecified atom stereocenters. The number of fused-ring (bicyclic) bond motifs is 3. The summed E-state index contributed by atoms with van der Waals surface area (Å²) in [6.07, 6.45) is 2.00. The average molecular weight is 412 g/mol. The van der Waals surface area contributed by atoms with Crippen LogP contribution in [0.1, 0.15) is 5.56 Å². The normalized spacial score (nSPS) is 20.5. The van der Waals surface area contributed by atoms with E-state index in [1.807, 2.05) is 6.07 Å². The van der Waals surface area contributed by atoms with Crippen molar-refractivity contribution in [3.8, 4) is 11.4 Å². The first kappa shape index (κ1) is 19.0. The third kappa shape index (κ3) is 3.52. The second-order valence-electron chi connectivity index (χ2n) is 7.45. The van der Waals surface area contributed by atoms with Gasteiger partial charge in [0.05, 0.1) is 39.6 Å². The molecule has 10 heteroatoms. The lowest BCUT2D eigenvalue weighted by Gasteiger charge is -2.31. The SMILES string of the molecule is COC(=O)Nc1ccc(-c2nc(N3CCOCC3)c3c(n2)N2CCOC[C@H]2C3)cn1. The Labute approximate surface area is 174 Å². The fraction of sp³-hybridized carbons (Fsp3) is 0.500. The third-order valence-electron chi connectivity index (χ3n) is 5.65. The number of ether oxygens (including phenoxy) is 3. The lowest BCUT2D eigenvalue weighted by molar-refractivity contribution is 0.0973. The van der Waals surface area contributed by atoms with Crippen molar-refractivity contribution >= 4 is 23.5 Å². The maximum atomic E-state index is 11.4. The Bertz CT molecular complexity index is 932. The molecule has 0 radical (unpaired) electrons. The molecule has 0 spiro atoms. The van der Waals surface area contributed by atoms with E-state index in [1.165, 1.54) is 12.7 Å². The first-order chi connectivity index (χ1) is 14.7. The summed E-state index contributed by atoms with van der Waals surface area (Å²) in [5.74, 6) is 3.00. The zero-order chi connectivity index (χ0) is 20.5. The third-order valence-corrected chi connectivity index (χ3v) is 5.65. The number of rotatable bonds is 3. The van der Waals surface area contributed by atoms with Gasteiger partial charge in [0.1, 0.15) is 17.5 Å². The summed E-state index contributed by atoms with van der Waals surface area (Å²) >= 11 is 0. The number of morpholine rings is 2. The molecule has 5 heterocycles. The van der Waals surface area contributed by atoms with Crippen LogP contribution in [0.25, 0.3) is 11.4 Å². The molecule has 158 valence electrons. The van der Waals surface area contributed by atoms with Crippen LogP contribution < -0.4 is 15.1 Å². The summed E-state index contributed by atoms with van der Waals surface area (Å²) in [7, 11) is 1.31. The van der Waals surface area contributed by atoms with E-state index in [2.05, 4.69) is 24.8 Å². The molecule has 0 aromatic carbocycles. The molecule has 3 aliphatic rings. The van der Waals surface area contributed by atoms with Gasteiger partial charge >= 0.3 is 6.09 Å². The van der Waals surface area contributed by atoms with E-state index in [9.17, 15) is 4.79 Å². The Morgan fingerprint density at radius 1 is 1.13 bits per heavy atom. The Morgan fingerprint density at radius 2 is 1.93 bits per heavy atom. The number of amides is 1. The number of pyridine rings is 1.